The summed E-state index contributed by atoms with van der Waals surface area (Å²) in [6.07, 6.45) is 3.72. The molecule has 0 radical (unpaired) electrons. The van der Waals surface area contributed by atoms with Gasteiger partial charge in [-0.2, -0.15) is 5.10 Å². The Bertz CT molecular complexity index is 962. The molecule has 0 spiro atoms. The van der Waals surface area contributed by atoms with Crippen molar-refractivity contribution < 1.29 is 4.74 Å². The van der Waals surface area contributed by atoms with Crippen LogP contribution in [0.1, 0.15) is 16.7 Å². The van der Waals surface area contributed by atoms with Gasteiger partial charge in [-0.15, -0.1) is 0 Å². The maximum absolute atomic E-state index is 5.47. The molecular weight excluding hydrogens is 388 g/mol. The molecule has 0 unspecified atom stereocenters. The summed E-state index contributed by atoms with van der Waals surface area (Å²) in [6, 6.07) is 18.9. The lowest BCUT2D eigenvalue weighted by molar-refractivity contribution is 0.0341. The van der Waals surface area contributed by atoms with Crippen LogP contribution in [0.25, 0.3) is 5.69 Å². The van der Waals surface area contributed by atoms with Crippen molar-refractivity contribution in [2.24, 2.45) is 4.99 Å². The van der Waals surface area contributed by atoms with Crippen LogP contribution in [0, 0.1) is 0 Å². The highest BCUT2D eigenvalue weighted by Crippen LogP contribution is 2.13. The SMILES string of the molecule is CN=C(NCc1ccc(-n2cccn2)cc1)NCc1ccccc1CN1CCOCC1. The molecule has 4 rings (SSSR count). The highest BCUT2D eigenvalue weighted by atomic mass is 16.5. The summed E-state index contributed by atoms with van der Waals surface area (Å²) >= 11 is 0. The van der Waals surface area contributed by atoms with Gasteiger partial charge in [0, 0.05) is 52.2 Å². The predicted octanol–water partition coefficient (Wildman–Crippen LogP) is 2.57. The normalized spacial score (nSPS) is 15.1. The Morgan fingerprint density at radius 1 is 0.968 bits per heavy atom. The number of aliphatic imine (C=N–C) groups is 1. The zero-order chi connectivity index (χ0) is 21.3. The van der Waals surface area contributed by atoms with Crippen molar-refractivity contribution >= 4 is 5.96 Å². The molecule has 31 heavy (non-hydrogen) atoms. The smallest absolute Gasteiger partial charge is 0.191 e. The fraction of sp³-hybridized carbons (Fsp3) is 0.333. The Morgan fingerprint density at radius 2 is 1.71 bits per heavy atom. The summed E-state index contributed by atoms with van der Waals surface area (Å²) in [4.78, 5) is 6.82. The zero-order valence-electron chi connectivity index (χ0n) is 18.0. The third kappa shape index (κ3) is 5.93. The number of nitrogens with one attached hydrogen (secondary N) is 2. The quantitative estimate of drug-likeness (QED) is 0.456. The fourth-order valence-corrected chi connectivity index (χ4v) is 3.66. The van der Waals surface area contributed by atoms with Gasteiger partial charge in [0.2, 0.25) is 0 Å². The number of guanidine groups is 1. The van der Waals surface area contributed by atoms with E-state index >= 15 is 0 Å². The van der Waals surface area contributed by atoms with Crippen LogP contribution >= 0.6 is 0 Å². The van der Waals surface area contributed by atoms with Crippen LogP contribution in [0.5, 0.6) is 0 Å². The summed E-state index contributed by atoms with van der Waals surface area (Å²) in [6.45, 7) is 6.01. The Labute approximate surface area is 183 Å². The molecule has 0 bridgehead atoms. The second kappa shape index (κ2) is 10.7. The Balaban J connectivity index is 1.30. The first-order chi connectivity index (χ1) is 15.3. The number of aromatic nitrogens is 2. The lowest BCUT2D eigenvalue weighted by Gasteiger charge is -2.27. The van der Waals surface area contributed by atoms with E-state index in [1.165, 1.54) is 16.7 Å². The average Bonchev–Trinajstić information content (AvgIpc) is 3.36. The number of hydrogen-bond donors (Lipinski definition) is 2. The van der Waals surface area contributed by atoms with E-state index in [0.717, 1.165) is 51.0 Å². The van der Waals surface area contributed by atoms with Crippen LogP contribution in [0.3, 0.4) is 0 Å². The van der Waals surface area contributed by atoms with Crippen molar-refractivity contribution in [2.45, 2.75) is 19.6 Å². The first-order valence-electron chi connectivity index (χ1n) is 10.7. The molecule has 0 atom stereocenters. The third-order valence-corrected chi connectivity index (χ3v) is 5.45. The molecule has 2 heterocycles. The number of ether oxygens (including phenoxy) is 1. The molecule has 1 saturated heterocycles. The highest BCUT2D eigenvalue weighted by Gasteiger charge is 2.12. The van der Waals surface area contributed by atoms with Crippen LogP contribution in [-0.4, -0.2) is 54.0 Å². The third-order valence-electron chi connectivity index (χ3n) is 5.45. The molecule has 7 heteroatoms. The lowest BCUT2D eigenvalue weighted by Crippen LogP contribution is -2.37. The Morgan fingerprint density at radius 3 is 2.42 bits per heavy atom. The molecule has 1 aliphatic rings. The van der Waals surface area contributed by atoms with Gasteiger partial charge in [0.15, 0.2) is 5.96 Å². The van der Waals surface area contributed by atoms with E-state index in [1.807, 2.05) is 16.9 Å². The van der Waals surface area contributed by atoms with Crippen molar-refractivity contribution in [3.63, 3.8) is 0 Å². The van der Waals surface area contributed by atoms with E-state index in [9.17, 15) is 0 Å². The molecule has 0 amide bonds. The molecule has 1 aliphatic heterocycles. The molecule has 2 N–H and O–H groups in total. The molecule has 2 aromatic carbocycles. The topological polar surface area (TPSA) is 66.7 Å². The van der Waals surface area contributed by atoms with Gasteiger partial charge in [-0.25, -0.2) is 4.68 Å². The van der Waals surface area contributed by atoms with E-state index in [2.05, 4.69) is 74.2 Å². The van der Waals surface area contributed by atoms with Crippen LogP contribution in [0.15, 0.2) is 72.0 Å². The van der Waals surface area contributed by atoms with Crippen molar-refractivity contribution in [2.75, 3.05) is 33.4 Å². The van der Waals surface area contributed by atoms with E-state index < -0.39 is 0 Å². The largest absolute Gasteiger partial charge is 0.379 e. The predicted molar refractivity (Wildman–Crippen MR) is 123 cm³/mol. The maximum atomic E-state index is 5.47. The number of nitrogens with zero attached hydrogens (tertiary/aromatic N) is 4. The number of benzene rings is 2. The Hall–Kier alpha value is -3.16. The van der Waals surface area contributed by atoms with Gasteiger partial charge >= 0.3 is 0 Å². The van der Waals surface area contributed by atoms with Gasteiger partial charge < -0.3 is 15.4 Å². The van der Waals surface area contributed by atoms with Crippen LogP contribution in [0.2, 0.25) is 0 Å². The monoisotopic (exact) mass is 418 g/mol. The van der Waals surface area contributed by atoms with E-state index in [1.54, 1.807) is 13.2 Å². The van der Waals surface area contributed by atoms with E-state index in [-0.39, 0.29) is 0 Å². The molecule has 1 aromatic heterocycles. The van der Waals surface area contributed by atoms with Gasteiger partial charge in [-0.05, 0) is 34.9 Å². The van der Waals surface area contributed by atoms with Gasteiger partial charge in [-0.1, -0.05) is 36.4 Å². The number of morpholine rings is 1. The second-order valence-electron chi connectivity index (χ2n) is 7.55. The lowest BCUT2D eigenvalue weighted by atomic mass is 10.1. The van der Waals surface area contributed by atoms with Gasteiger partial charge in [0.25, 0.3) is 0 Å². The highest BCUT2D eigenvalue weighted by molar-refractivity contribution is 5.79. The zero-order valence-corrected chi connectivity index (χ0v) is 18.0. The maximum Gasteiger partial charge on any atom is 0.191 e. The number of hydrogen-bond acceptors (Lipinski definition) is 4. The summed E-state index contributed by atoms with van der Waals surface area (Å²) in [5, 5.41) is 11.1. The standard InChI is InChI=1S/C24H30N6O/c1-25-24(26-17-20-7-9-23(10-8-20)30-12-4-11-28-30)27-18-21-5-2-3-6-22(21)19-29-13-15-31-16-14-29/h2-12H,13-19H2,1H3,(H2,25,26,27). The van der Waals surface area contributed by atoms with Crippen LogP contribution < -0.4 is 10.6 Å². The molecular formula is C24H30N6O. The van der Waals surface area contributed by atoms with Gasteiger partial charge in [-0.3, -0.25) is 9.89 Å². The fourth-order valence-electron chi connectivity index (χ4n) is 3.66. The Kier molecular flexibility index (Phi) is 7.31. The molecule has 3 aromatic rings. The van der Waals surface area contributed by atoms with Crippen molar-refractivity contribution in [3.05, 3.63) is 83.7 Å². The van der Waals surface area contributed by atoms with Crippen molar-refractivity contribution in [1.82, 2.24) is 25.3 Å². The first-order valence-corrected chi connectivity index (χ1v) is 10.7. The minimum Gasteiger partial charge on any atom is -0.379 e. The summed E-state index contributed by atoms with van der Waals surface area (Å²) in [5.41, 5.74) is 4.88. The number of rotatable bonds is 7. The van der Waals surface area contributed by atoms with Crippen LogP contribution in [0.4, 0.5) is 0 Å². The minimum atomic E-state index is 0.703. The van der Waals surface area contributed by atoms with Crippen molar-refractivity contribution in [1.29, 1.82) is 0 Å². The summed E-state index contributed by atoms with van der Waals surface area (Å²) < 4.78 is 7.32. The molecule has 162 valence electrons. The second-order valence-corrected chi connectivity index (χ2v) is 7.55. The van der Waals surface area contributed by atoms with Gasteiger partial charge in [0.1, 0.15) is 0 Å². The molecule has 0 aliphatic carbocycles. The van der Waals surface area contributed by atoms with Crippen LogP contribution in [-0.2, 0) is 24.4 Å². The van der Waals surface area contributed by atoms with E-state index in [4.69, 9.17) is 4.74 Å². The summed E-state index contributed by atoms with van der Waals surface area (Å²) in [5.74, 6) is 0.789. The molecule has 0 saturated carbocycles. The van der Waals surface area contributed by atoms with E-state index in [0.29, 0.717) is 6.54 Å². The summed E-state index contributed by atoms with van der Waals surface area (Å²) in [7, 11) is 1.80. The van der Waals surface area contributed by atoms with Crippen molar-refractivity contribution in [3.8, 4) is 5.69 Å². The molecule has 1 fully saturated rings. The first kappa shape index (κ1) is 21.1. The molecule has 7 nitrogen and oxygen atoms in total. The minimum absolute atomic E-state index is 0.703. The van der Waals surface area contributed by atoms with Gasteiger partial charge in [0.05, 0.1) is 18.9 Å². The average molecular weight is 419 g/mol.